The molecular formula is C19H30N4O8S. The fourth-order valence-electron chi connectivity index (χ4n) is 3.07. The van der Waals surface area contributed by atoms with Crippen LogP contribution in [0.2, 0.25) is 0 Å². The number of rotatable bonds is 10. The van der Waals surface area contributed by atoms with Gasteiger partial charge in [-0.25, -0.2) is 0 Å². The molecule has 1 rings (SSSR count). The van der Waals surface area contributed by atoms with Crippen molar-refractivity contribution >= 4 is 49.2 Å². The van der Waals surface area contributed by atoms with Crippen LogP contribution in [0.25, 0.3) is 0 Å². The molecule has 1 fully saturated rings. The van der Waals surface area contributed by atoms with Crippen molar-refractivity contribution in [3.63, 3.8) is 0 Å². The van der Waals surface area contributed by atoms with Crippen LogP contribution in [0.4, 0.5) is 0 Å². The summed E-state index contributed by atoms with van der Waals surface area (Å²) in [7, 11) is 0. The van der Waals surface area contributed by atoms with E-state index < -0.39 is 47.8 Å². The van der Waals surface area contributed by atoms with Gasteiger partial charge < -0.3 is 30.7 Å². The molecule has 0 bridgehead atoms. The van der Waals surface area contributed by atoms with Crippen LogP contribution in [-0.4, -0.2) is 79.7 Å². The van der Waals surface area contributed by atoms with Crippen molar-refractivity contribution in [3.05, 3.63) is 0 Å². The molecule has 0 aliphatic carbocycles. The number of ether oxygens (including phenoxy) is 2. The van der Waals surface area contributed by atoms with Gasteiger partial charge in [0.2, 0.25) is 23.6 Å². The molecule has 0 spiro atoms. The van der Waals surface area contributed by atoms with E-state index in [1.54, 1.807) is 6.92 Å². The quantitative estimate of drug-likeness (QED) is 0.140. The third-order valence-corrected chi connectivity index (χ3v) is 5.12. The average Bonchev–Trinajstić information content (AvgIpc) is 2.75. The maximum atomic E-state index is 12.7. The van der Waals surface area contributed by atoms with Crippen molar-refractivity contribution in [2.24, 2.45) is 0 Å². The Morgan fingerprint density at radius 3 is 1.66 bits per heavy atom. The van der Waals surface area contributed by atoms with Gasteiger partial charge in [-0.15, -0.1) is 0 Å². The van der Waals surface area contributed by atoms with E-state index >= 15 is 0 Å². The topological polar surface area (TPSA) is 169 Å². The zero-order chi connectivity index (χ0) is 23.9. The highest BCUT2D eigenvalue weighted by Gasteiger charge is 2.28. The third-order valence-electron chi connectivity index (χ3n) is 4.76. The lowest BCUT2D eigenvalue weighted by Crippen LogP contribution is -2.55. The molecule has 180 valence electrons. The van der Waals surface area contributed by atoms with Gasteiger partial charge in [0, 0.05) is 43.5 Å². The predicted octanol–water partition coefficient (Wildman–Crippen LogP) is -1.81. The van der Waals surface area contributed by atoms with Gasteiger partial charge in [0.15, 0.2) is 0 Å². The Morgan fingerprint density at radius 2 is 1.25 bits per heavy atom. The van der Waals surface area contributed by atoms with Gasteiger partial charge in [0.05, 0.1) is 13.2 Å². The van der Waals surface area contributed by atoms with Crippen LogP contribution in [0.3, 0.4) is 0 Å². The predicted molar refractivity (Wildman–Crippen MR) is 114 cm³/mol. The highest BCUT2D eigenvalue weighted by atomic mass is 32.1. The fourth-order valence-corrected chi connectivity index (χ4v) is 3.33. The summed E-state index contributed by atoms with van der Waals surface area (Å²) in [6.07, 6.45) is 0.272. The molecule has 4 amide bonds. The Labute approximate surface area is 191 Å². The summed E-state index contributed by atoms with van der Waals surface area (Å²) in [5, 5.41) is 10.5. The minimum Gasteiger partial charge on any atom is -0.468 e. The molecule has 0 aromatic rings. The van der Waals surface area contributed by atoms with Crippen molar-refractivity contribution < 1.29 is 38.2 Å². The first-order valence-corrected chi connectivity index (χ1v) is 10.9. The van der Waals surface area contributed by atoms with Crippen LogP contribution < -0.4 is 21.3 Å². The van der Waals surface area contributed by atoms with E-state index in [-0.39, 0.29) is 64.0 Å². The second kappa shape index (κ2) is 15.1. The summed E-state index contributed by atoms with van der Waals surface area (Å²) in [6.45, 7) is 2.18. The van der Waals surface area contributed by atoms with Gasteiger partial charge in [-0.3, -0.25) is 28.8 Å². The van der Waals surface area contributed by atoms with Crippen LogP contribution in [0.5, 0.6) is 0 Å². The largest absolute Gasteiger partial charge is 0.468 e. The number of hydrogen-bond donors (Lipinski definition) is 5. The van der Waals surface area contributed by atoms with E-state index in [1.165, 1.54) is 0 Å². The first-order valence-electron chi connectivity index (χ1n) is 10.2. The molecule has 32 heavy (non-hydrogen) atoms. The average molecular weight is 475 g/mol. The third kappa shape index (κ3) is 9.98. The molecule has 13 heteroatoms. The smallest absolute Gasteiger partial charge is 0.293 e. The highest BCUT2D eigenvalue weighted by molar-refractivity contribution is 7.80. The van der Waals surface area contributed by atoms with Gasteiger partial charge in [-0.05, 0) is 6.42 Å². The van der Waals surface area contributed by atoms with Crippen molar-refractivity contribution in [2.75, 3.05) is 19.0 Å². The molecule has 1 heterocycles. The zero-order valence-electron chi connectivity index (χ0n) is 17.8. The van der Waals surface area contributed by atoms with Crippen molar-refractivity contribution in [3.8, 4) is 0 Å². The maximum absolute atomic E-state index is 12.7. The summed E-state index contributed by atoms with van der Waals surface area (Å²) in [4.78, 5) is 71.1. The molecule has 0 unspecified atom stereocenters. The summed E-state index contributed by atoms with van der Waals surface area (Å²) >= 11 is 4.10. The van der Waals surface area contributed by atoms with Crippen LogP contribution >= 0.6 is 12.6 Å². The summed E-state index contributed by atoms with van der Waals surface area (Å²) < 4.78 is 9.31. The molecule has 12 nitrogen and oxygen atoms in total. The lowest BCUT2D eigenvalue weighted by Gasteiger charge is -2.26. The second-order valence-corrected chi connectivity index (χ2v) is 7.53. The fraction of sp³-hybridized carbons (Fsp3) is 0.684. The number of carbonyl (C=O) groups excluding carboxylic acids is 6. The van der Waals surface area contributed by atoms with Gasteiger partial charge >= 0.3 is 0 Å². The normalized spacial score (nSPS) is 25.3. The minimum absolute atomic E-state index is 0.00941. The van der Waals surface area contributed by atoms with E-state index in [0.29, 0.717) is 0 Å². The SMILES string of the molecule is CC[C@@H]1NC(=O)C[C@H](CCOC=O)NC(=O)[C@H](CS)NC(=O)C[C@H](CCOC=O)NC1=O. The Bertz CT molecular complexity index is 622. The van der Waals surface area contributed by atoms with Crippen molar-refractivity contribution in [2.45, 2.75) is 63.2 Å². The standard InChI is InChI=1S/C19H30N4O8S/c1-2-14-18(28)20-12(3-5-30-10-24)8-17(27)23-15(9-32)19(29)21-13(4-6-31-11-25)7-16(26)22-14/h10-15,32H,2-9H2,1H3,(H,20,28)(H,21,29)(H,22,26)(H,23,27)/t12-,13-,14-,15-/m0/s1. The monoisotopic (exact) mass is 474 g/mol. The lowest BCUT2D eigenvalue weighted by atomic mass is 10.1. The number of hydrogen-bond acceptors (Lipinski definition) is 9. The number of nitrogens with one attached hydrogen (secondary N) is 4. The molecule has 1 aliphatic heterocycles. The van der Waals surface area contributed by atoms with Gasteiger partial charge in [0.1, 0.15) is 12.1 Å². The molecule has 1 saturated heterocycles. The second-order valence-electron chi connectivity index (χ2n) is 7.16. The molecule has 4 N–H and O–H groups in total. The van der Waals surface area contributed by atoms with Gasteiger partial charge in [0.25, 0.3) is 12.9 Å². The zero-order valence-corrected chi connectivity index (χ0v) is 18.7. The Balaban J connectivity index is 3.07. The molecule has 0 aromatic carbocycles. The van der Waals surface area contributed by atoms with E-state index in [9.17, 15) is 28.8 Å². The molecule has 0 saturated carbocycles. The molecule has 0 radical (unpaired) electrons. The highest BCUT2D eigenvalue weighted by Crippen LogP contribution is 2.06. The lowest BCUT2D eigenvalue weighted by molar-refractivity contribution is -0.133. The molecule has 1 aliphatic rings. The summed E-state index contributed by atoms with van der Waals surface area (Å²) in [5.41, 5.74) is 0. The van der Waals surface area contributed by atoms with Crippen LogP contribution in [-0.2, 0) is 38.2 Å². The van der Waals surface area contributed by atoms with Crippen molar-refractivity contribution in [1.82, 2.24) is 21.3 Å². The first kappa shape index (κ1) is 27.2. The summed E-state index contributed by atoms with van der Waals surface area (Å²) in [6, 6.07) is -3.24. The number of amides is 4. The van der Waals surface area contributed by atoms with E-state index in [4.69, 9.17) is 0 Å². The molecule has 0 aromatic heterocycles. The van der Waals surface area contributed by atoms with E-state index in [2.05, 4.69) is 43.4 Å². The van der Waals surface area contributed by atoms with E-state index in [1.807, 2.05) is 0 Å². The first-order chi connectivity index (χ1) is 15.3. The van der Waals surface area contributed by atoms with E-state index in [0.717, 1.165) is 0 Å². The Hall–Kier alpha value is -2.83. The van der Waals surface area contributed by atoms with Crippen molar-refractivity contribution in [1.29, 1.82) is 0 Å². The Morgan fingerprint density at radius 1 is 0.812 bits per heavy atom. The maximum Gasteiger partial charge on any atom is 0.293 e. The molecular weight excluding hydrogens is 444 g/mol. The van der Waals surface area contributed by atoms with Crippen LogP contribution in [0, 0.1) is 0 Å². The summed E-state index contributed by atoms with van der Waals surface area (Å²) in [5.74, 6) is -2.04. The number of carbonyl (C=O) groups is 6. The Kier molecular flexibility index (Phi) is 12.8. The minimum atomic E-state index is -0.989. The van der Waals surface area contributed by atoms with Crippen LogP contribution in [0.1, 0.15) is 39.0 Å². The molecule has 4 atom stereocenters. The number of thiol groups is 1. The van der Waals surface area contributed by atoms with Gasteiger partial charge in [-0.2, -0.15) is 12.6 Å². The van der Waals surface area contributed by atoms with Crippen LogP contribution in [0.15, 0.2) is 0 Å². The van der Waals surface area contributed by atoms with Gasteiger partial charge in [-0.1, -0.05) is 6.92 Å².